The van der Waals surface area contributed by atoms with Crippen molar-refractivity contribution in [3.8, 4) is 23.0 Å². The predicted molar refractivity (Wildman–Crippen MR) is 105 cm³/mol. The summed E-state index contributed by atoms with van der Waals surface area (Å²) in [5.74, 6) is 2.54. The van der Waals surface area contributed by atoms with E-state index in [4.69, 9.17) is 18.9 Å². The minimum atomic E-state index is -0.0728. The van der Waals surface area contributed by atoms with Crippen molar-refractivity contribution in [3.63, 3.8) is 0 Å². The molecule has 2 aromatic rings. The Labute approximate surface area is 160 Å². The van der Waals surface area contributed by atoms with Gasteiger partial charge in [-0.3, -0.25) is 4.79 Å². The van der Waals surface area contributed by atoms with Gasteiger partial charge in [0.25, 0.3) is 0 Å². The Balaban J connectivity index is 1.98. The monoisotopic (exact) mass is 373 g/mol. The molecule has 0 atom stereocenters. The molecule has 0 aliphatic heterocycles. The van der Waals surface area contributed by atoms with Gasteiger partial charge in [0.2, 0.25) is 5.91 Å². The molecule has 0 unspecified atom stereocenters. The number of carbonyl (C=O) groups excluding carboxylic acids is 1. The van der Waals surface area contributed by atoms with Crippen molar-refractivity contribution in [3.05, 3.63) is 42.0 Å². The van der Waals surface area contributed by atoms with Crippen LogP contribution in [-0.2, 0) is 11.2 Å². The van der Waals surface area contributed by atoms with E-state index in [2.05, 4.69) is 5.32 Å². The molecule has 6 heteroatoms. The molecule has 146 valence electrons. The lowest BCUT2D eigenvalue weighted by atomic mass is 10.1. The zero-order chi connectivity index (χ0) is 19.6. The Hall–Kier alpha value is -2.89. The molecule has 0 spiro atoms. The maximum atomic E-state index is 12.3. The smallest absolute Gasteiger partial charge is 0.224 e. The average molecular weight is 373 g/mol. The molecule has 27 heavy (non-hydrogen) atoms. The van der Waals surface area contributed by atoms with Crippen LogP contribution in [0.2, 0.25) is 0 Å². The normalized spacial score (nSPS) is 10.2. The van der Waals surface area contributed by atoms with Crippen LogP contribution in [0.3, 0.4) is 0 Å². The number of benzene rings is 2. The van der Waals surface area contributed by atoms with Crippen molar-refractivity contribution in [2.45, 2.75) is 26.7 Å². The van der Waals surface area contributed by atoms with Gasteiger partial charge < -0.3 is 24.3 Å². The first-order chi connectivity index (χ1) is 13.1. The second-order valence-electron chi connectivity index (χ2n) is 5.77. The maximum Gasteiger partial charge on any atom is 0.224 e. The van der Waals surface area contributed by atoms with Gasteiger partial charge >= 0.3 is 0 Å². The lowest BCUT2D eigenvalue weighted by molar-refractivity contribution is -0.116. The standard InChI is InChI=1S/C21H27NO5/c1-5-26-18-11-9-16(14-20(18)27-6-2)22-21(23)12-8-15-7-10-17(24-3)19(13-15)25-4/h7,9-11,13-14H,5-6,8,12H2,1-4H3,(H,22,23). The van der Waals surface area contributed by atoms with E-state index < -0.39 is 0 Å². The van der Waals surface area contributed by atoms with Crippen LogP contribution in [-0.4, -0.2) is 33.3 Å². The molecule has 0 fully saturated rings. The van der Waals surface area contributed by atoms with E-state index in [-0.39, 0.29) is 5.91 Å². The van der Waals surface area contributed by atoms with Crippen LogP contribution >= 0.6 is 0 Å². The highest BCUT2D eigenvalue weighted by molar-refractivity contribution is 5.91. The van der Waals surface area contributed by atoms with Gasteiger partial charge in [0.05, 0.1) is 27.4 Å². The molecule has 0 aromatic heterocycles. The molecule has 0 heterocycles. The number of methoxy groups -OCH3 is 2. The number of nitrogens with one attached hydrogen (secondary N) is 1. The van der Waals surface area contributed by atoms with Crippen molar-refractivity contribution in [2.24, 2.45) is 0 Å². The summed E-state index contributed by atoms with van der Waals surface area (Å²) in [6.07, 6.45) is 0.953. The van der Waals surface area contributed by atoms with E-state index in [9.17, 15) is 4.79 Å². The summed E-state index contributed by atoms with van der Waals surface area (Å²) in [6, 6.07) is 11.0. The number of hydrogen-bond acceptors (Lipinski definition) is 5. The number of amides is 1. The van der Waals surface area contributed by atoms with Gasteiger partial charge in [-0.2, -0.15) is 0 Å². The summed E-state index contributed by atoms with van der Waals surface area (Å²) in [6.45, 7) is 4.90. The minimum Gasteiger partial charge on any atom is -0.493 e. The fourth-order valence-corrected chi connectivity index (χ4v) is 2.65. The highest BCUT2D eigenvalue weighted by atomic mass is 16.5. The Morgan fingerprint density at radius 2 is 1.52 bits per heavy atom. The van der Waals surface area contributed by atoms with E-state index in [1.165, 1.54) is 0 Å². The zero-order valence-electron chi connectivity index (χ0n) is 16.3. The van der Waals surface area contributed by atoms with E-state index >= 15 is 0 Å². The van der Waals surface area contributed by atoms with Gasteiger partial charge in [-0.05, 0) is 50.1 Å². The molecule has 1 amide bonds. The van der Waals surface area contributed by atoms with Gasteiger partial charge in [0.15, 0.2) is 23.0 Å². The summed E-state index contributed by atoms with van der Waals surface area (Å²) in [7, 11) is 3.19. The Morgan fingerprint density at radius 1 is 0.852 bits per heavy atom. The van der Waals surface area contributed by atoms with E-state index in [0.29, 0.717) is 54.7 Å². The largest absolute Gasteiger partial charge is 0.493 e. The quantitative estimate of drug-likeness (QED) is 0.680. The number of rotatable bonds is 10. The van der Waals surface area contributed by atoms with Crippen LogP contribution in [0.25, 0.3) is 0 Å². The van der Waals surface area contributed by atoms with Gasteiger partial charge in [0, 0.05) is 18.2 Å². The highest BCUT2D eigenvalue weighted by Crippen LogP contribution is 2.31. The number of hydrogen-bond donors (Lipinski definition) is 1. The number of anilines is 1. The first kappa shape index (κ1) is 20.4. The first-order valence-electron chi connectivity index (χ1n) is 9.01. The summed E-state index contributed by atoms with van der Waals surface area (Å²) in [4.78, 5) is 12.3. The van der Waals surface area contributed by atoms with Crippen molar-refractivity contribution in [2.75, 3.05) is 32.8 Å². The van der Waals surface area contributed by atoms with E-state index in [0.717, 1.165) is 5.56 Å². The second-order valence-corrected chi connectivity index (χ2v) is 5.77. The summed E-state index contributed by atoms with van der Waals surface area (Å²) in [5, 5.41) is 2.90. The van der Waals surface area contributed by atoms with Crippen molar-refractivity contribution in [1.82, 2.24) is 0 Å². The molecular weight excluding hydrogens is 346 g/mol. The van der Waals surface area contributed by atoms with Crippen LogP contribution in [0.15, 0.2) is 36.4 Å². The number of ether oxygens (including phenoxy) is 4. The predicted octanol–water partition coefficient (Wildman–Crippen LogP) is 4.07. The van der Waals surface area contributed by atoms with Crippen LogP contribution in [0.5, 0.6) is 23.0 Å². The molecular formula is C21H27NO5. The van der Waals surface area contributed by atoms with Gasteiger partial charge in [-0.1, -0.05) is 6.07 Å². The fraction of sp³-hybridized carbons (Fsp3) is 0.381. The topological polar surface area (TPSA) is 66.0 Å². The third-order valence-corrected chi connectivity index (χ3v) is 3.92. The molecule has 0 aliphatic rings. The third-order valence-electron chi connectivity index (χ3n) is 3.92. The fourth-order valence-electron chi connectivity index (χ4n) is 2.65. The van der Waals surface area contributed by atoms with Gasteiger partial charge in [0.1, 0.15) is 0 Å². The molecule has 0 aliphatic carbocycles. The minimum absolute atomic E-state index is 0.0728. The van der Waals surface area contributed by atoms with Crippen LogP contribution < -0.4 is 24.3 Å². The molecule has 0 radical (unpaired) electrons. The maximum absolute atomic E-state index is 12.3. The summed E-state index contributed by atoms with van der Waals surface area (Å²) < 4.78 is 21.6. The highest BCUT2D eigenvalue weighted by Gasteiger charge is 2.10. The Bertz CT molecular complexity index is 760. The van der Waals surface area contributed by atoms with Crippen molar-refractivity contribution >= 4 is 11.6 Å². The van der Waals surface area contributed by atoms with Crippen LogP contribution in [0.1, 0.15) is 25.8 Å². The molecule has 0 saturated heterocycles. The lowest BCUT2D eigenvalue weighted by Crippen LogP contribution is -2.12. The van der Waals surface area contributed by atoms with Crippen LogP contribution in [0, 0.1) is 0 Å². The van der Waals surface area contributed by atoms with Crippen molar-refractivity contribution < 1.29 is 23.7 Å². The summed E-state index contributed by atoms with van der Waals surface area (Å²) >= 11 is 0. The number of aryl methyl sites for hydroxylation is 1. The average Bonchev–Trinajstić information content (AvgIpc) is 2.68. The van der Waals surface area contributed by atoms with E-state index in [1.807, 2.05) is 38.1 Å². The van der Waals surface area contributed by atoms with Gasteiger partial charge in [-0.15, -0.1) is 0 Å². The number of carbonyl (C=O) groups is 1. The Morgan fingerprint density at radius 3 is 2.19 bits per heavy atom. The lowest BCUT2D eigenvalue weighted by Gasteiger charge is -2.13. The Kier molecular flexibility index (Phi) is 7.79. The molecule has 0 saturated carbocycles. The van der Waals surface area contributed by atoms with Gasteiger partial charge in [-0.25, -0.2) is 0 Å². The summed E-state index contributed by atoms with van der Waals surface area (Å²) in [5.41, 5.74) is 1.68. The van der Waals surface area contributed by atoms with E-state index in [1.54, 1.807) is 26.4 Å². The molecule has 0 bridgehead atoms. The molecule has 2 rings (SSSR count). The SMILES string of the molecule is CCOc1ccc(NC(=O)CCc2ccc(OC)c(OC)c2)cc1OCC. The third kappa shape index (κ3) is 5.81. The van der Waals surface area contributed by atoms with Crippen molar-refractivity contribution in [1.29, 1.82) is 0 Å². The molecule has 6 nitrogen and oxygen atoms in total. The molecule has 1 N–H and O–H groups in total. The van der Waals surface area contributed by atoms with Crippen LogP contribution in [0.4, 0.5) is 5.69 Å². The first-order valence-corrected chi connectivity index (χ1v) is 9.01. The second kappa shape index (κ2) is 10.3. The zero-order valence-corrected chi connectivity index (χ0v) is 16.3. The molecule has 2 aromatic carbocycles.